The Morgan fingerprint density at radius 1 is 1.18 bits per heavy atom. The SMILES string of the molecule is CCOC(=O)c1cn[nH]c1S(=O)(=O)N(C)C(c1ccccc1)c1ccccn1. The van der Waals surface area contributed by atoms with Crippen LogP contribution in [0.4, 0.5) is 0 Å². The van der Waals surface area contributed by atoms with Crippen molar-refractivity contribution in [1.29, 1.82) is 0 Å². The number of ether oxygens (including phenoxy) is 1. The van der Waals surface area contributed by atoms with E-state index < -0.39 is 22.0 Å². The fourth-order valence-electron chi connectivity index (χ4n) is 2.85. The van der Waals surface area contributed by atoms with Crippen LogP contribution in [0.2, 0.25) is 0 Å². The van der Waals surface area contributed by atoms with Crippen LogP contribution in [-0.4, -0.2) is 47.5 Å². The predicted molar refractivity (Wildman–Crippen MR) is 102 cm³/mol. The summed E-state index contributed by atoms with van der Waals surface area (Å²) in [6.07, 6.45) is 2.75. The second-order valence-corrected chi connectivity index (χ2v) is 7.86. The topological polar surface area (TPSA) is 105 Å². The van der Waals surface area contributed by atoms with Gasteiger partial charge in [0.1, 0.15) is 5.56 Å². The largest absolute Gasteiger partial charge is 0.462 e. The van der Waals surface area contributed by atoms with E-state index in [9.17, 15) is 13.2 Å². The Balaban J connectivity index is 2.08. The molecule has 8 nitrogen and oxygen atoms in total. The number of hydrogen-bond donors (Lipinski definition) is 1. The molecule has 9 heteroatoms. The first-order valence-electron chi connectivity index (χ1n) is 8.61. The van der Waals surface area contributed by atoms with E-state index in [0.29, 0.717) is 5.69 Å². The molecule has 146 valence electrons. The van der Waals surface area contributed by atoms with Crippen molar-refractivity contribution in [2.24, 2.45) is 0 Å². The Hall–Kier alpha value is -3.04. The molecule has 1 atom stereocenters. The van der Waals surface area contributed by atoms with Crippen LogP contribution >= 0.6 is 0 Å². The normalized spacial score (nSPS) is 12.7. The molecule has 1 unspecified atom stereocenters. The first-order chi connectivity index (χ1) is 13.5. The number of carbonyl (C=O) groups excluding carboxylic acids is 1. The fraction of sp³-hybridized carbons (Fsp3) is 0.211. The van der Waals surface area contributed by atoms with Gasteiger partial charge in [-0.15, -0.1) is 0 Å². The van der Waals surface area contributed by atoms with Gasteiger partial charge in [-0.25, -0.2) is 13.2 Å². The van der Waals surface area contributed by atoms with Gasteiger partial charge in [0, 0.05) is 13.2 Å². The monoisotopic (exact) mass is 400 g/mol. The second kappa shape index (κ2) is 8.32. The lowest BCUT2D eigenvalue weighted by atomic mass is 10.0. The number of nitrogens with zero attached hydrogens (tertiary/aromatic N) is 3. The van der Waals surface area contributed by atoms with E-state index in [1.165, 1.54) is 11.4 Å². The van der Waals surface area contributed by atoms with Crippen LogP contribution in [-0.2, 0) is 14.8 Å². The maximum absolute atomic E-state index is 13.3. The Morgan fingerprint density at radius 2 is 1.89 bits per heavy atom. The summed E-state index contributed by atoms with van der Waals surface area (Å²) in [6.45, 7) is 1.77. The van der Waals surface area contributed by atoms with E-state index in [1.807, 2.05) is 30.3 Å². The quantitative estimate of drug-likeness (QED) is 0.611. The van der Waals surface area contributed by atoms with Crippen molar-refractivity contribution < 1.29 is 17.9 Å². The Labute approximate surface area is 163 Å². The van der Waals surface area contributed by atoms with Crippen molar-refractivity contribution in [1.82, 2.24) is 19.5 Å². The molecule has 0 saturated carbocycles. The molecule has 0 amide bonds. The summed E-state index contributed by atoms with van der Waals surface area (Å²) in [4.78, 5) is 16.5. The van der Waals surface area contributed by atoms with Gasteiger partial charge < -0.3 is 4.74 Å². The molecule has 0 saturated heterocycles. The molecule has 2 heterocycles. The second-order valence-electron chi connectivity index (χ2n) is 5.92. The maximum atomic E-state index is 13.3. The molecule has 0 aliphatic carbocycles. The number of rotatable bonds is 7. The highest BCUT2D eigenvalue weighted by atomic mass is 32.2. The van der Waals surface area contributed by atoms with E-state index >= 15 is 0 Å². The molecule has 1 N–H and O–H groups in total. The number of sulfonamides is 1. The smallest absolute Gasteiger partial charge is 0.342 e. The minimum Gasteiger partial charge on any atom is -0.462 e. The summed E-state index contributed by atoms with van der Waals surface area (Å²) in [5, 5.41) is 5.84. The summed E-state index contributed by atoms with van der Waals surface area (Å²) < 4.78 is 32.8. The van der Waals surface area contributed by atoms with Gasteiger partial charge in [-0.1, -0.05) is 36.4 Å². The number of esters is 1. The lowest BCUT2D eigenvalue weighted by Gasteiger charge is -2.27. The van der Waals surface area contributed by atoms with Crippen molar-refractivity contribution in [3.05, 3.63) is 77.7 Å². The van der Waals surface area contributed by atoms with E-state index in [2.05, 4.69) is 15.2 Å². The molecular weight excluding hydrogens is 380 g/mol. The van der Waals surface area contributed by atoms with Gasteiger partial charge in [0.2, 0.25) is 0 Å². The number of aromatic amines is 1. The van der Waals surface area contributed by atoms with Crippen molar-refractivity contribution in [2.45, 2.75) is 18.0 Å². The van der Waals surface area contributed by atoms with Crippen LogP contribution in [0.15, 0.2) is 66.0 Å². The number of aromatic nitrogens is 3. The Bertz CT molecular complexity index is 997. The van der Waals surface area contributed by atoms with Crippen LogP contribution in [0.5, 0.6) is 0 Å². The Morgan fingerprint density at radius 3 is 2.54 bits per heavy atom. The highest BCUT2D eigenvalue weighted by Gasteiger charge is 2.35. The third kappa shape index (κ3) is 3.80. The van der Waals surface area contributed by atoms with Gasteiger partial charge in [-0.05, 0) is 24.6 Å². The third-order valence-corrected chi connectivity index (χ3v) is 5.98. The van der Waals surface area contributed by atoms with Gasteiger partial charge in [0.15, 0.2) is 5.03 Å². The van der Waals surface area contributed by atoms with Crippen molar-refractivity contribution in [3.8, 4) is 0 Å². The molecule has 0 bridgehead atoms. The van der Waals surface area contributed by atoms with E-state index in [0.717, 1.165) is 11.8 Å². The number of carbonyl (C=O) groups is 1. The predicted octanol–water partition coefficient (Wildman–Crippen LogP) is 2.39. The summed E-state index contributed by atoms with van der Waals surface area (Å²) in [5.74, 6) is -0.752. The van der Waals surface area contributed by atoms with Crippen LogP contribution in [0, 0.1) is 0 Å². The number of nitrogens with one attached hydrogen (secondary N) is 1. The third-order valence-electron chi connectivity index (χ3n) is 4.18. The molecule has 2 aromatic heterocycles. The lowest BCUT2D eigenvalue weighted by Crippen LogP contribution is -2.33. The molecule has 0 spiro atoms. The summed E-state index contributed by atoms with van der Waals surface area (Å²) in [5.41, 5.74) is 1.16. The first kappa shape index (κ1) is 19.7. The summed E-state index contributed by atoms with van der Waals surface area (Å²) in [7, 11) is -2.67. The van der Waals surface area contributed by atoms with Gasteiger partial charge in [0.25, 0.3) is 10.0 Å². The lowest BCUT2D eigenvalue weighted by molar-refractivity contribution is 0.0521. The number of hydrogen-bond acceptors (Lipinski definition) is 6. The average molecular weight is 400 g/mol. The van der Waals surface area contributed by atoms with Crippen LogP contribution in [0.25, 0.3) is 0 Å². The molecule has 3 aromatic rings. The summed E-state index contributed by atoms with van der Waals surface area (Å²) in [6, 6.07) is 13.8. The zero-order chi connectivity index (χ0) is 20.1. The van der Waals surface area contributed by atoms with E-state index in [1.54, 1.807) is 31.3 Å². The minimum atomic E-state index is -4.11. The Kier molecular flexibility index (Phi) is 5.86. The molecule has 0 fully saturated rings. The average Bonchev–Trinajstić information content (AvgIpc) is 3.21. The standard InChI is InChI=1S/C19H20N4O4S/c1-3-27-19(24)15-13-21-22-18(15)28(25,26)23(2)17(14-9-5-4-6-10-14)16-11-7-8-12-20-16/h4-13,17H,3H2,1-2H3,(H,21,22). The maximum Gasteiger partial charge on any atom is 0.342 e. The van der Waals surface area contributed by atoms with Crippen molar-refractivity contribution in [2.75, 3.05) is 13.7 Å². The molecule has 0 aliphatic heterocycles. The minimum absolute atomic E-state index is 0.125. The zero-order valence-corrected chi connectivity index (χ0v) is 16.3. The highest BCUT2D eigenvalue weighted by Crippen LogP contribution is 2.31. The van der Waals surface area contributed by atoms with E-state index in [-0.39, 0.29) is 17.2 Å². The van der Waals surface area contributed by atoms with Crippen molar-refractivity contribution in [3.63, 3.8) is 0 Å². The van der Waals surface area contributed by atoms with Gasteiger partial charge in [-0.2, -0.15) is 9.40 Å². The first-order valence-corrected chi connectivity index (χ1v) is 10.0. The van der Waals surface area contributed by atoms with Crippen LogP contribution < -0.4 is 0 Å². The molecular formula is C19H20N4O4S. The molecule has 1 aromatic carbocycles. The zero-order valence-electron chi connectivity index (χ0n) is 15.4. The molecule has 28 heavy (non-hydrogen) atoms. The van der Waals surface area contributed by atoms with Crippen LogP contribution in [0.1, 0.15) is 34.6 Å². The van der Waals surface area contributed by atoms with Crippen LogP contribution in [0.3, 0.4) is 0 Å². The molecule has 3 rings (SSSR count). The van der Waals surface area contributed by atoms with Gasteiger partial charge in [-0.3, -0.25) is 10.1 Å². The number of benzene rings is 1. The molecule has 0 aliphatic rings. The molecule has 0 radical (unpaired) electrons. The highest BCUT2D eigenvalue weighted by molar-refractivity contribution is 7.89. The van der Waals surface area contributed by atoms with Gasteiger partial charge >= 0.3 is 5.97 Å². The number of H-pyrrole nitrogens is 1. The van der Waals surface area contributed by atoms with E-state index in [4.69, 9.17) is 4.74 Å². The number of pyridine rings is 1. The van der Waals surface area contributed by atoms with Crippen molar-refractivity contribution >= 4 is 16.0 Å². The summed E-state index contributed by atoms with van der Waals surface area (Å²) >= 11 is 0. The van der Waals surface area contributed by atoms with Gasteiger partial charge in [0.05, 0.1) is 24.5 Å². The fourth-order valence-corrected chi connectivity index (χ4v) is 4.23.